The minimum atomic E-state index is -4.57. The van der Waals surface area contributed by atoms with Crippen molar-refractivity contribution < 1.29 is 31.9 Å². The molecule has 1 aromatic carbocycles. The third kappa shape index (κ3) is 6.39. The van der Waals surface area contributed by atoms with Crippen LogP contribution in [0.15, 0.2) is 35.3 Å². The van der Waals surface area contributed by atoms with Crippen molar-refractivity contribution in [3.05, 3.63) is 75.6 Å². The van der Waals surface area contributed by atoms with E-state index in [4.69, 9.17) is 9.73 Å². The minimum Gasteiger partial charge on any atom is -0.380 e. The molecule has 3 aromatic rings. The number of halogens is 4. The van der Waals surface area contributed by atoms with Crippen molar-refractivity contribution in [2.24, 2.45) is 4.99 Å². The van der Waals surface area contributed by atoms with Crippen LogP contribution in [0.5, 0.6) is 0 Å². The summed E-state index contributed by atoms with van der Waals surface area (Å²) in [5.74, 6) is -0.752. The summed E-state index contributed by atoms with van der Waals surface area (Å²) in [5, 5.41) is 5.60. The summed E-state index contributed by atoms with van der Waals surface area (Å²) in [6.45, 7) is 7.86. The van der Waals surface area contributed by atoms with E-state index in [9.17, 15) is 22.8 Å². The number of aliphatic imine (C=N–C) groups is 1. The Kier molecular flexibility index (Phi) is 8.78. The van der Waals surface area contributed by atoms with Gasteiger partial charge in [-0.15, -0.1) is 0 Å². The Balaban J connectivity index is 1.32. The van der Waals surface area contributed by atoms with Gasteiger partial charge in [0.25, 0.3) is 5.91 Å². The number of carbonyl (C=O) groups excluding carboxylic acids is 2. The minimum absolute atomic E-state index is 0.0370. The van der Waals surface area contributed by atoms with Crippen molar-refractivity contribution in [2.45, 2.75) is 90.2 Å². The standard InChI is InChI=1S/C35H38F4N6O3/c1-18-12-24(16-40-21(4)46)41-20(3)30(18)23-13-27(36)26(17-48-5)28(14-23)45-11-10-34(15-19(45)2)33(47)43-32(44-34)25-8-9-29(35(37,38)39)42-31(25)22-6-7-22/h8-9,12-14,19,22H,6-7,10-11,15-17H2,1-5H3,(H,40,46)(H,43,44,47)/t19-,34+/m0/s1. The highest BCUT2D eigenvalue weighted by Gasteiger charge is 2.49. The lowest BCUT2D eigenvalue weighted by Crippen LogP contribution is -2.53. The number of methoxy groups -OCH3 is 1. The number of hydrogen-bond donors (Lipinski definition) is 2. The van der Waals surface area contributed by atoms with E-state index in [1.54, 1.807) is 0 Å². The number of ether oxygens (including phenoxy) is 1. The molecule has 2 N–H and O–H groups in total. The SMILES string of the molecule is COCc1c(F)cc(-c2c(C)cc(CNC(C)=O)nc2C)cc1N1CC[C@]2(C[C@@H]1C)N=C(c1ccc(C(F)(F)F)nc1C1CC1)NC2=O. The molecule has 254 valence electrons. The Hall–Kier alpha value is -4.39. The lowest BCUT2D eigenvalue weighted by atomic mass is 9.83. The Morgan fingerprint density at radius 2 is 1.92 bits per heavy atom. The van der Waals surface area contributed by atoms with Gasteiger partial charge < -0.3 is 20.3 Å². The normalized spacial score (nSPS) is 21.0. The van der Waals surface area contributed by atoms with Gasteiger partial charge in [0.15, 0.2) is 0 Å². The van der Waals surface area contributed by atoms with Crippen molar-refractivity contribution in [1.82, 2.24) is 20.6 Å². The van der Waals surface area contributed by atoms with Crippen LogP contribution in [0.3, 0.4) is 0 Å². The summed E-state index contributed by atoms with van der Waals surface area (Å²) in [7, 11) is 1.50. The summed E-state index contributed by atoms with van der Waals surface area (Å²) >= 11 is 0. The monoisotopic (exact) mass is 666 g/mol. The molecule has 6 rings (SSSR count). The first kappa shape index (κ1) is 33.5. The molecule has 0 bridgehead atoms. The Bertz CT molecular complexity index is 1800. The molecule has 1 saturated carbocycles. The van der Waals surface area contributed by atoms with Crippen LogP contribution in [0.2, 0.25) is 0 Å². The van der Waals surface area contributed by atoms with Crippen molar-refractivity contribution in [3.63, 3.8) is 0 Å². The van der Waals surface area contributed by atoms with Gasteiger partial charge in [-0.3, -0.25) is 19.6 Å². The lowest BCUT2D eigenvalue weighted by Gasteiger charge is -2.43. The fourth-order valence-electron chi connectivity index (χ4n) is 7.00. The van der Waals surface area contributed by atoms with Gasteiger partial charge in [0.2, 0.25) is 5.91 Å². The molecule has 4 heterocycles. The van der Waals surface area contributed by atoms with E-state index in [2.05, 4.69) is 25.5 Å². The Morgan fingerprint density at radius 1 is 1.17 bits per heavy atom. The summed E-state index contributed by atoms with van der Waals surface area (Å²) < 4.78 is 61.6. The summed E-state index contributed by atoms with van der Waals surface area (Å²) in [5.41, 5.74) is 3.38. The van der Waals surface area contributed by atoms with E-state index in [1.807, 2.05) is 32.9 Å². The highest BCUT2D eigenvalue weighted by atomic mass is 19.4. The quantitative estimate of drug-likeness (QED) is 0.291. The average Bonchev–Trinajstić information content (AvgIpc) is 3.81. The number of pyridine rings is 2. The number of amides is 2. The predicted octanol–water partition coefficient (Wildman–Crippen LogP) is 5.88. The number of nitrogens with one attached hydrogen (secondary N) is 2. The van der Waals surface area contributed by atoms with E-state index < -0.39 is 23.2 Å². The smallest absolute Gasteiger partial charge is 0.380 e. The zero-order valence-electron chi connectivity index (χ0n) is 27.5. The zero-order valence-corrected chi connectivity index (χ0v) is 27.5. The molecular formula is C35H38F4N6O3. The zero-order chi connectivity index (χ0) is 34.5. The summed E-state index contributed by atoms with van der Waals surface area (Å²) in [4.78, 5) is 40.5. The third-order valence-electron chi connectivity index (χ3n) is 9.37. The topological polar surface area (TPSA) is 109 Å². The second-order valence-corrected chi connectivity index (χ2v) is 13.0. The Morgan fingerprint density at radius 3 is 2.54 bits per heavy atom. The van der Waals surface area contributed by atoms with Crippen molar-refractivity contribution in [1.29, 1.82) is 0 Å². The first-order valence-corrected chi connectivity index (χ1v) is 16.0. The molecule has 3 aliphatic rings. The number of alkyl halides is 3. The number of aryl methyl sites for hydroxylation is 2. The fourth-order valence-corrected chi connectivity index (χ4v) is 7.00. The van der Waals surface area contributed by atoms with Crippen LogP contribution < -0.4 is 15.5 Å². The van der Waals surface area contributed by atoms with Crippen LogP contribution in [-0.2, 0) is 33.7 Å². The molecular weight excluding hydrogens is 628 g/mol. The van der Waals surface area contributed by atoms with Gasteiger partial charge in [-0.05, 0) is 81.5 Å². The molecule has 2 aromatic heterocycles. The van der Waals surface area contributed by atoms with E-state index in [0.29, 0.717) is 58.8 Å². The molecule has 48 heavy (non-hydrogen) atoms. The van der Waals surface area contributed by atoms with Crippen LogP contribution in [0.4, 0.5) is 23.2 Å². The van der Waals surface area contributed by atoms with E-state index in [0.717, 1.165) is 30.0 Å². The molecule has 2 amide bonds. The maximum Gasteiger partial charge on any atom is 0.433 e. The molecule has 1 saturated heterocycles. The summed E-state index contributed by atoms with van der Waals surface area (Å²) in [6, 6.07) is 7.31. The number of aromatic nitrogens is 2. The number of benzene rings is 1. The van der Waals surface area contributed by atoms with Gasteiger partial charge in [-0.25, -0.2) is 9.37 Å². The van der Waals surface area contributed by atoms with E-state index in [-0.39, 0.29) is 42.8 Å². The second-order valence-electron chi connectivity index (χ2n) is 13.0. The highest BCUT2D eigenvalue weighted by Crippen LogP contribution is 2.44. The second kappa shape index (κ2) is 12.6. The largest absolute Gasteiger partial charge is 0.433 e. The highest BCUT2D eigenvalue weighted by molar-refractivity contribution is 6.16. The van der Waals surface area contributed by atoms with Gasteiger partial charge in [-0.1, -0.05) is 0 Å². The molecule has 0 radical (unpaired) electrons. The number of amidine groups is 1. The number of hydrogen-bond acceptors (Lipinski definition) is 7. The Labute approximate surface area is 276 Å². The van der Waals surface area contributed by atoms with Crippen LogP contribution in [-0.4, -0.2) is 52.9 Å². The summed E-state index contributed by atoms with van der Waals surface area (Å²) in [6.07, 6.45) is -2.49. The lowest BCUT2D eigenvalue weighted by molar-refractivity contribution is -0.141. The molecule has 13 heteroatoms. The van der Waals surface area contributed by atoms with Gasteiger partial charge in [-0.2, -0.15) is 13.2 Å². The number of nitrogens with zero attached hydrogens (tertiary/aromatic N) is 4. The van der Waals surface area contributed by atoms with Crippen LogP contribution in [0.1, 0.15) is 84.9 Å². The predicted molar refractivity (Wildman–Crippen MR) is 172 cm³/mol. The van der Waals surface area contributed by atoms with Crippen molar-refractivity contribution in [3.8, 4) is 11.1 Å². The van der Waals surface area contributed by atoms with Crippen LogP contribution in [0.25, 0.3) is 11.1 Å². The van der Waals surface area contributed by atoms with E-state index >= 15 is 4.39 Å². The van der Waals surface area contributed by atoms with Gasteiger partial charge in [0.05, 0.1) is 24.5 Å². The van der Waals surface area contributed by atoms with E-state index in [1.165, 1.54) is 26.2 Å². The first-order chi connectivity index (χ1) is 22.7. The number of carbonyl (C=O) groups is 2. The van der Waals surface area contributed by atoms with Crippen molar-refractivity contribution in [2.75, 3.05) is 18.6 Å². The molecule has 2 atom stereocenters. The number of rotatable bonds is 8. The molecule has 9 nitrogen and oxygen atoms in total. The fraction of sp³-hybridized carbons (Fsp3) is 0.457. The first-order valence-electron chi connectivity index (χ1n) is 16.0. The molecule has 2 fully saturated rings. The van der Waals surface area contributed by atoms with Crippen LogP contribution >= 0.6 is 0 Å². The number of piperidine rings is 1. The average molecular weight is 667 g/mol. The van der Waals surface area contributed by atoms with Gasteiger partial charge in [0.1, 0.15) is 22.9 Å². The molecule has 0 unspecified atom stereocenters. The molecule has 1 aliphatic carbocycles. The van der Waals surface area contributed by atoms with Gasteiger partial charge >= 0.3 is 6.18 Å². The number of anilines is 1. The third-order valence-corrected chi connectivity index (χ3v) is 9.37. The molecule has 1 spiro atoms. The molecule has 2 aliphatic heterocycles. The maximum atomic E-state index is 15.9. The van der Waals surface area contributed by atoms with Crippen LogP contribution in [0, 0.1) is 19.7 Å². The van der Waals surface area contributed by atoms with Gasteiger partial charge in [0, 0.05) is 67.0 Å². The maximum absolute atomic E-state index is 15.9. The van der Waals surface area contributed by atoms with Crippen molar-refractivity contribution >= 4 is 23.3 Å².